The van der Waals surface area contributed by atoms with Crippen molar-refractivity contribution in [2.45, 2.75) is 70.9 Å². The zero-order valence-corrected chi connectivity index (χ0v) is 23.1. The van der Waals surface area contributed by atoms with Crippen LogP contribution in [0.4, 0.5) is 16.6 Å². The van der Waals surface area contributed by atoms with E-state index < -0.39 is 5.60 Å². The summed E-state index contributed by atoms with van der Waals surface area (Å²) in [5.74, 6) is 2.67. The molecule has 1 unspecified atom stereocenters. The molecule has 38 heavy (non-hydrogen) atoms. The van der Waals surface area contributed by atoms with Crippen LogP contribution >= 0.6 is 11.6 Å². The number of ether oxygens (including phenoxy) is 1. The molecule has 1 heterocycles. The molecular weight excluding hydrogens is 500 g/mol. The Hall–Kier alpha value is -3.05. The van der Waals surface area contributed by atoms with E-state index in [-0.39, 0.29) is 17.6 Å². The van der Waals surface area contributed by atoms with E-state index in [1.807, 2.05) is 45.0 Å². The standard InChI is InChI=1S/C29H37ClN6O2/c1-28(2,3)38-27(37)35-24-20-10-18-11-21(24)14-29(12-18,13-20)17-34-25-22(15-31)16-33-26(36-25)32-9-8-19-6-4-5-7-23(19)30/h4-7,16,18,20-21,24H,8-14,17H2,1-3H3,(H,35,37)(H2,32,33,34,36)/t18?,20-,21+,24-,29-. The smallest absolute Gasteiger partial charge is 0.407 e. The first-order valence-electron chi connectivity index (χ1n) is 13.6. The summed E-state index contributed by atoms with van der Waals surface area (Å²) < 4.78 is 5.55. The summed E-state index contributed by atoms with van der Waals surface area (Å²) in [6.45, 7) is 7.09. The number of rotatable bonds is 8. The van der Waals surface area contributed by atoms with Crippen molar-refractivity contribution in [3.63, 3.8) is 0 Å². The second-order valence-corrected chi connectivity index (χ2v) is 12.7. The SMILES string of the molecule is CC(C)(C)OC(=O)N[C@@H]1[C@@H]2CC3C[C@H]1C[C@@](CNc1nc(NCCc4ccccc4Cl)ncc1C#N)(C3)C2. The molecule has 0 saturated heterocycles. The van der Waals surface area contributed by atoms with E-state index in [1.165, 1.54) is 6.42 Å². The summed E-state index contributed by atoms with van der Waals surface area (Å²) in [6, 6.07) is 10.2. The van der Waals surface area contributed by atoms with Gasteiger partial charge in [-0.1, -0.05) is 29.8 Å². The number of benzene rings is 1. The monoisotopic (exact) mass is 536 g/mol. The zero-order chi connectivity index (χ0) is 26.9. The normalized spacial score (nSPS) is 27.4. The van der Waals surface area contributed by atoms with E-state index in [1.54, 1.807) is 6.20 Å². The number of aromatic nitrogens is 2. The summed E-state index contributed by atoms with van der Waals surface area (Å²) in [7, 11) is 0. The van der Waals surface area contributed by atoms with Crippen molar-refractivity contribution in [3.8, 4) is 6.07 Å². The summed E-state index contributed by atoms with van der Waals surface area (Å²) in [4.78, 5) is 21.5. The Labute approximate surface area is 229 Å². The Morgan fingerprint density at radius 2 is 1.92 bits per heavy atom. The van der Waals surface area contributed by atoms with Crippen molar-refractivity contribution in [1.82, 2.24) is 15.3 Å². The predicted molar refractivity (Wildman–Crippen MR) is 148 cm³/mol. The molecule has 4 fully saturated rings. The van der Waals surface area contributed by atoms with Gasteiger partial charge in [0.25, 0.3) is 0 Å². The van der Waals surface area contributed by atoms with E-state index in [4.69, 9.17) is 16.3 Å². The lowest BCUT2D eigenvalue weighted by atomic mass is 9.48. The minimum absolute atomic E-state index is 0.151. The van der Waals surface area contributed by atoms with E-state index in [0.29, 0.717) is 41.6 Å². The van der Waals surface area contributed by atoms with Crippen LogP contribution in [-0.2, 0) is 11.2 Å². The molecule has 0 aliphatic heterocycles. The number of hydrogen-bond acceptors (Lipinski definition) is 7. The minimum atomic E-state index is -0.501. The number of halogens is 1. The van der Waals surface area contributed by atoms with Crippen LogP contribution in [0, 0.1) is 34.5 Å². The molecule has 2 aromatic rings. The van der Waals surface area contributed by atoms with Gasteiger partial charge in [-0.25, -0.2) is 9.78 Å². The van der Waals surface area contributed by atoms with E-state index in [9.17, 15) is 10.1 Å². The van der Waals surface area contributed by atoms with Crippen LogP contribution in [0.25, 0.3) is 0 Å². The molecule has 9 heteroatoms. The zero-order valence-electron chi connectivity index (χ0n) is 22.4. The van der Waals surface area contributed by atoms with Gasteiger partial charge in [-0.15, -0.1) is 0 Å². The summed E-state index contributed by atoms with van der Waals surface area (Å²) in [6.07, 6.45) is 7.64. The molecule has 4 bridgehead atoms. The third-order valence-electron chi connectivity index (χ3n) is 8.26. The van der Waals surface area contributed by atoms with Crippen LogP contribution in [0.3, 0.4) is 0 Å². The maximum atomic E-state index is 12.5. The van der Waals surface area contributed by atoms with Crippen LogP contribution < -0.4 is 16.0 Å². The fourth-order valence-corrected chi connectivity index (χ4v) is 7.28. The maximum absolute atomic E-state index is 12.5. The van der Waals surface area contributed by atoms with Crippen molar-refractivity contribution in [3.05, 3.63) is 46.6 Å². The van der Waals surface area contributed by atoms with Crippen molar-refractivity contribution < 1.29 is 9.53 Å². The van der Waals surface area contributed by atoms with Crippen LogP contribution in [0.15, 0.2) is 30.5 Å². The van der Waals surface area contributed by atoms with Crippen molar-refractivity contribution in [1.29, 1.82) is 5.26 Å². The first kappa shape index (κ1) is 26.6. The first-order valence-corrected chi connectivity index (χ1v) is 14.0. The van der Waals surface area contributed by atoms with Gasteiger partial charge in [-0.3, -0.25) is 0 Å². The summed E-state index contributed by atoms with van der Waals surface area (Å²) >= 11 is 6.27. The summed E-state index contributed by atoms with van der Waals surface area (Å²) in [5, 5.41) is 20.4. The first-order chi connectivity index (χ1) is 18.1. The number of nitrogens with zero attached hydrogens (tertiary/aromatic N) is 3. The highest BCUT2D eigenvalue weighted by Crippen LogP contribution is 2.60. The highest BCUT2D eigenvalue weighted by atomic mass is 35.5. The van der Waals surface area contributed by atoms with Crippen molar-refractivity contribution >= 4 is 29.5 Å². The van der Waals surface area contributed by atoms with Crippen LogP contribution in [0.5, 0.6) is 0 Å². The number of alkyl carbamates (subject to hydrolysis) is 1. The lowest BCUT2D eigenvalue weighted by Crippen LogP contribution is -2.60. The number of carbonyl (C=O) groups is 1. The van der Waals surface area contributed by atoms with Gasteiger partial charge in [0.15, 0.2) is 0 Å². The molecule has 5 atom stereocenters. The Morgan fingerprint density at radius 1 is 1.18 bits per heavy atom. The molecule has 0 spiro atoms. The second-order valence-electron chi connectivity index (χ2n) is 12.3. The van der Waals surface area contributed by atoms with Gasteiger partial charge < -0.3 is 20.7 Å². The number of nitrogens with one attached hydrogen (secondary N) is 3. The number of hydrogen-bond donors (Lipinski definition) is 3. The average molecular weight is 537 g/mol. The van der Waals surface area contributed by atoms with Gasteiger partial charge in [0.2, 0.25) is 5.95 Å². The van der Waals surface area contributed by atoms with E-state index in [0.717, 1.165) is 49.2 Å². The van der Waals surface area contributed by atoms with Gasteiger partial charge in [-0.05, 0) is 94.1 Å². The second kappa shape index (κ2) is 10.6. The number of amides is 1. The van der Waals surface area contributed by atoms with Gasteiger partial charge in [0.1, 0.15) is 23.1 Å². The minimum Gasteiger partial charge on any atom is -0.444 e. The molecule has 6 rings (SSSR count). The largest absolute Gasteiger partial charge is 0.444 e. The highest BCUT2D eigenvalue weighted by Gasteiger charge is 2.55. The Kier molecular flexibility index (Phi) is 7.41. The number of nitriles is 1. The van der Waals surface area contributed by atoms with Gasteiger partial charge >= 0.3 is 6.09 Å². The molecule has 0 radical (unpaired) electrons. The quantitative estimate of drug-likeness (QED) is 0.391. The van der Waals surface area contributed by atoms with Gasteiger partial charge in [0.05, 0.1) is 6.20 Å². The molecule has 4 saturated carbocycles. The average Bonchev–Trinajstić information content (AvgIpc) is 2.85. The van der Waals surface area contributed by atoms with Crippen LogP contribution in [0.2, 0.25) is 5.02 Å². The molecule has 202 valence electrons. The fourth-order valence-electron chi connectivity index (χ4n) is 7.05. The molecule has 4 aliphatic carbocycles. The number of carbonyl (C=O) groups excluding carboxylic acids is 1. The lowest BCUT2D eigenvalue weighted by Gasteiger charge is -2.60. The Morgan fingerprint density at radius 3 is 2.61 bits per heavy atom. The van der Waals surface area contributed by atoms with E-state index in [2.05, 4.69) is 32.0 Å². The fraction of sp³-hybridized carbons (Fsp3) is 0.586. The van der Waals surface area contributed by atoms with E-state index >= 15 is 0 Å². The van der Waals surface area contributed by atoms with Crippen molar-refractivity contribution in [2.24, 2.45) is 23.2 Å². The predicted octanol–water partition coefficient (Wildman–Crippen LogP) is 5.79. The van der Waals surface area contributed by atoms with Crippen molar-refractivity contribution in [2.75, 3.05) is 23.7 Å². The molecular formula is C29H37ClN6O2. The molecule has 1 aromatic carbocycles. The number of anilines is 2. The summed E-state index contributed by atoms with van der Waals surface area (Å²) in [5.41, 5.74) is 1.16. The van der Waals surface area contributed by atoms with Gasteiger partial charge in [-0.2, -0.15) is 10.2 Å². The highest BCUT2D eigenvalue weighted by molar-refractivity contribution is 6.31. The molecule has 3 N–H and O–H groups in total. The van der Waals surface area contributed by atoms with Gasteiger partial charge in [0, 0.05) is 24.2 Å². The molecule has 1 aromatic heterocycles. The topological polar surface area (TPSA) is 112 Å². The lowest BCUT2D eigenvalue weighted by molar-refractivity contribution is -0.0703. The molecule has 8 nitrogen and oxygen atoms in total. The molecule has 1 amide bonds. The third kappa shape index (κ3) is 5.99. The third-order valence-corrected chi connectivity index (χ3v) is 8.63. The van der Waals surface area contributed by atoms with Crippen LogP contribution in [-0.4, -0.2) is 40.8 Å². The Bertz CT molecular complexity index is 1210. The maximum Gasteiger partial charge on any atom is 0.407 e. The van der Waals surface area contributed by atoms with Crippen LogP contribution in [0.1, 0.15) is 64.0 Å². The molecule has 4 aliphatic rings. The Balaban J connectivity index is 1.21.